The van der Waals surface area contributed by atoms with E-state index in [2.05, 4.69) is 24.9 Å². The highest BCUT2D eigenvalue weighted by Crippen LogP contribution is 2.01. The second-order valence-electron chi connectivity index (χ2n) is 2.19. The number of amides is 1. The molecule has 0 rings (SSSR count). The number of allylic oxidation sites excluding steroid dienone is 3. The molecule has 0 saturated heterocycles. The molecule has 0 aliphatic heterocycles. The standard InChI is InChI=1S/C10H9NO3/c1-4-8(12)7(9(13)5-2)6-10(14)11-3/h4-6H,1-3H2. The summed E-state index contributed by atoms with van der Waals surface area (Å²) in [7, 11) is 0. The van der Waals surface area contributed by atoms with E-state index in [-0.39, 0.29) is 5.57 Å². The van der Waals surface area contributed by atoms with Crippen molar-refractivity contribution >= 4 is 24.2 Å². The zero-order valence-corrected chi connectivity index (χ0v) is 7.53. The quantitative estimate of drug-likeness (QED) is 0.277. The Morgan fingerprint density at radius 3 is 1.71 bits per heavy atom. The monoisotopic (exact) mass is 191 g/mol. The van der Waals surface area contributed by atoms with Gasteiger partial charge in [-0.2, -0.15) is 0 Å². The molecule has 72 valence electrons. The molecule has 0 fully saturated rings. The van der Waals surface area contributed by atoms with Crippen LogP contribution >= 0.6 is 0 Å². The SMILES string of the molecule is C=CC(=O)C(=CC(=O)N=C)C(=O)C=C. The van der Waals surface area contributed by atoms with Crippen LogP contribution in [0.15, 0.2) is 42.0 Å². The molecule has 0 unspecified atom stereocenters. The maximum atomic E-state index is 11.1. The minimum absolute atomic E-state index is 0.313. The molecule has 0 N–H and O–H groups in total. The number of ketones is 2. The molecular weight excluding hydrogens is 182 g/mol. The van der Waals surface area contributed by atoms with Crippen molar-refractivity contribution in [1.82, 2.24) is 0 Å². The third kappa shape index (κ3) is 3.10. The van der Waals surface area contributed by atoms with E-state index in [0.29, 0.717) is 0 Å². The van der Waals surface area contributed by atoms with E-state index >= 15 is 0 Å². The number of carbonyl (C=O) groups excluding carboxylic acids is 3. The van der Waals surface area contributed by atoms with Crippen molar-refractivity contribution in [3.8, 4) is 0 Å². The van der Waals surface area contributed by atoms with Crippen molar-refractivity contribution in [2.45, 2.75) is 0 Å². The summed E-state index contributed by atoms with van der Waals surface area (Å²) in [5, 5.41) is 0. The first-order chi connectivity index (χ1) is 6.56. The van der Waals surface area contributed by atoms with Gasteiger partial charge in [-0.1, -0.05) is 13.2 Å². The van der Waals surface area contributed by atoms with Crippen LogP contribution in [0, 0.1) is 0 Å². The van der Waals surface area contributed by atoms with Crippen LogP contribution in [0.4, 0.5) is 0 Å². The highest BCUT2D eigenvalue weighted by Gasteiger charge is 2.13. The predicted octanol–water partition coefficient (Wildman–Crippen LogP) is 0.650. The zero-order chi connectivity index (χ0) is 11.1. The topological polar surface area (TPSA) is 63.6 Å². The lowest BCUT2D eigenvalue weighted by molar-refractivity contribution is -0.118. The van der Waals surface area contributed by atoms with E-state index in [1.54, 1.807) is 0 Å². The number of hydrogen-bond acceptors (Lipinski definition) is 3. The van der Waals surface area contributed by atoms with Gasteiger partial charge in [0.15, 0.2) is 11.6 Å². The average molecular weight is 191 g/mol. The van der Waals surface area contributed by atoms with Crippen LogP contribution in [-0.2, 0) is 14.4 Å². The fourth-order valence-electron chi connectivity index (χ4n) is 0.653. The van der Waals surface area contributed by atoms with Gasteiger partial charge in [0.25, 0.3) is 5.91 Å². The third-order valence-corrected chi connectivity index (χ3v) is 1.33. The van der Waals surface area contributed by atoms with Crippen LogP contribution in [0.5, 0.6) is 0 Å². The first kappa shape index (κ1) is 11.9. The van der Waals surface area contributed by atoms with Crippen LogP contribution in [0.3, 0.4) is 0 Å². The van der Waals surface area contributed by atoms with Gasteiger partial charge >= 0.3 is 0 Å². The molecule has 0 bridgehead atoms. The maximum Gasteiger partial charge on any atom is 0.269 e. The Morgan fingerprint density at radius 1 is 1.00 bits per heavy atom. The maximum absolute atomic E-state index is 11.1. The van der Waals surface area contributed by atoms with Gasteiger partial charge in [0.1, 0.15) is 0 Å². The van der Waals surface area contributed by atoms with Crippen molar-refractivity contribution in [3.05, 3.63) is 37.0 Å². The largest absolute Gasteiger partial charge is 0.289 e. The van der Waals surface area contributed by atoms with Crippen LogP contribution in [0.2, 0.25) is 0 Å². The molecule has 0 aromatic heterocycles. The lowest BCUT2D eigenvalue weighted by Crippen LogP contribution is -2.10. The summed E-state index contributed by atoms with van der Waals surface area (Å²) in [6, 6.07) is 0. The highest BCUT2D eigenvalue weighted by molar-refractivity contribution is 6.29. The van der Waals surface area contributed by atoms with E-state index in [4.69, 9.17) is 0 Å². The van der Waals surface area contributed by atoms with Crippen LogP contribution in [-0.4, -0.2) is 24.2 Å². The van der Waals surface area contributed by atoms with Crippen molar-refractivity contribution < 1.29 is 14.4 Å². The smallest absolute Gasteiger partial charge is 0.269 e. The Morgan fingerprint density at radius 2 is 1.43 bits per heavy atom. The Bertz CT molecular complexity index is 328. The molecule has 0 aromatic carbocycles. The van der Waals surface area contributed by atoms with Crippen molar-refractivity contribution in [3.63, 3.8) is 0 Å². The molecule has 0 saturated carbocycles. The zero-order valence-electron chi connectivity index (χ0n) is 7.53. The molecular formula is C10H9NO3. The molecule has 1 amide bonds. The van der Waals surface area contributed by atoms with E-state index in [9.17, 15) is 14.4 Å². The van der Waals surface area contributed by atoms with Gasteiger partial charge < -0.3 is 0 Å². The van der Waals surface area contributed by atoms with Crippen LogP contribution < -0.4 is 0 Å². The lowest BCUT2D eigenvalue weighted by atomic mass is 10.1. The minimum Gasteiger partial charge on any atom is -0.289 e. The summed E-state index contributed by atoms with van der Waals surface area (Å²) in [6.07, 6.45) is 2.67. The summed E-state index contributed by atoms with van der Waals surface area (Å²) < 4.78 is 0. The lowest BCUT2D eigenvalue weighted by Gasteiger charge is -1.95. The summed E-state index contributed by atoms with van der Waals surface area (Å²) in [6.45, 7) is 9.36. The molecule has 0 aromatic rings. The van der Waals surface area contributed by atoms with E-state index < -0.39 is 17.5 Å². The Kier molecular flexibility index (Phi) is 4.70. The third-order valence-electron chi connectivity index (χ3n) is 1.33. The second kappa shape index (κ2) is 5.53. The normalized spacial score (nSPS) is 8.29. The van der Waals surface area contributed by atoms with Crippen molar-refractivity contribution in [1.29, 1.82) is 0 Å². The first-order valence-corrected chi connectivity index (χ1v) is 3.62. The number of aliphatic imine (C=N–C) groups is 1. The van der Waals surface area contributed by atoms with E-state index in [0.717, 1.165) is 18.2 Å². The van der Waals surface area contributed by atoms with Crippen LogP contribution in [0.25, 0.3) is 0 Å². The molecule has 0 heterocycles. The van der Waals surface area contributed by atoms with Gasteiger partial charge in [-0.3, -0.25) is 14.4 Å². The summed E-state index contributed by atoms with van der Waals surface area (Å²) in [5.74, 6) is -2.05. The molecule has 0 radical (unpaired) electrons. The van der Waals surface area contributed by atoms with Gasteiger partial charge in [0.05, 0.1) is 5.57 Å². The Labute approximate surface area is 81.3 Å². The first-order valence-electron chi connectivity index (χ1n) is 3.62. The molecule has 14 heavy (non-hydrogen) atoms. The van der Waals surface area contributed by atoms with Gasteiger partial charge in [0.2, 0.25) is 0 Å². The molecule has 0 aliphatic rings. The van der Waals surface area contributed by atoms with E-state index in [1.165, 1.54) is 0 Å². The molecule has 0 atom stereocenters. The van der Waals surface area contributed by atoms with Gasteiger partial charge in [-0.25, -0.2) is 4.99 Å². The fourth-order valence-corrected chi connectivity index (χ4v) is 0.653. The van der Waals surface area contributed by atoms with Crippen LogP contribution in [0.1, 0.15) is 0 Å². The molecule has 4 nitrogen and oxygen atoms in total. The summed E-state index contributed by atoms with van der Waals surface area (Å²) >= 11 is 0. The van der Waals surface area contributed by atoms with E-state index in [1.807, 2.05) is 0 Å². The molecule has 0 aliphatic carbocycles. The summed E-state index contributed by atoms with van der Waals surface area (Å²) in [4.78, 5) is 36.0. The minimum atomic E-state index is -0.759. The van der Waals surface area contributed by atoms with Crippen molar-refractivity contribution in [2.75, 3.05) is 0 Å². The highest BCUT2D eigenvalue weighted by atomic mass is 16.2. The van der Waals surface area contributed by atoms with Gasteiger partial charge in [-0.15, -0.1) is 0 Å². The second-order valence-corrected chi connectivity index (χ2v) is 2.19. The molecule has 4 heteroatoms. The van der Waals surface area contributed by atoms with Gasteiger partial charge in [0, 0.05) is 6.08 Å². The Hall–Kier alpha value is -2.10. The van der Waals surface area contributed by atoms with Crippen molar-refractivity contribution in [2.24, 2.45) is 4.99 Å². The number of rotatable bonds is 5. The number of nitrogens with zero attached hydrogens (tertiary/aromatic N) is 1. The summed E-state index contributed by atoms with van der Waals surface area (Å²) in [5.41, 5.74) is -0.313. The molecule has 0 spiro atoms. The average Bonchev–Trinajstić information content (AvgIpc) is 2.23. The number of hydrogen-bond donors (Lipinski definition) is 0. The predicted molar refractivity (Wildman–Crippen MR) is 53.0 cm³/mol. The number of carbonyl (C=O) groups is 3. The Balaban J connectivity index is 5.19. The fraction of sp³-hybridized carbons (Fsp3) is 0. The van der Waals surface area contributed by atoms with Gasteiger partial charge in [-0.05, 0) is 18.9 Å².